The molecule has 0 fully saturated rings. The molecule has 0 aliphatic rings. The summed E-state index contributed by atoms with van der Waals surface area (Å²) < 4.78 is 0. The molecule has 2 amide bonds. The molecule has 29 heavy (non-hydrogen) atoms. The number of rotatable bonds is 8. The summed E-state index contributed by atoms with van der Waals surface area (Å²) in [6.07, 6.45) is 0.864. The topological polar surface area (TPSA) is 49.4 Å². The minimum absolute atomic E-state index is 0.0241. The van der Waals surface area contributed by atoms with Crippen molar-refractivity contribution in [1.29, 1.82) is 0 Å². The molecule has 0 heterocycles. The maximum Gasteiger partial charge on any atom is 0.243 e. The van der Waals surface area contributed by atoms with Gasteiger partial charge in [-0.15, -0.1) is 0 Å². The molecule has 2 rings (SSSR count). The molecule has 0 saturated carbocycles. The van der Waals surface area contributed by atoms with E-state index < -0.39 is 6.04 Å². The van der Waals surface area contributed by atoms with Gasteiger partial charge in [0.1, 0.15) is 6.04 Å². The second-order valence-corrected chi connectivity index (χ2v) is 8.21. The van der Waals surface area contributed by atoms with Gasteiger partial charge in [-0.1, -0.05) is 60.5 Å². The summed E-state index contributed by atoms with van der Waals surface area (Å²) in [5, 5.41) is 2.98. The van der Waals surface area contributed by atoms with Crippen LogP contribution in [0.25, 0.3) is 0 Å². The average Bonchev–Trinajstić information content (AvgIpc) is 2.61. The van der Waals surface area contributed by atoms with Gasteiger partial charge in [0, 0.05) is 12.6 Å². The van der Waals surface area contributed by atoms with Gasteiger partial charge >= 0.3 is 0 Å². The maximum atomic E-state index is 13.4. The Morgan fingerprint density at radius 2 is 1.62 bits per heavy atom. The molecule has 0 aliphatic heterocycles. The Morgan fingerprint density at radius 1 is 1.00 bits per heavy atom. The Morgan fingerprint density at radius 3 is 2.17 bits per heavy atom. The molecule has 156 valence electrons. The van der Waals surface area contributed by atoms with Crippen LogP contribution >= 0.6 is 0 Å². The highest BCUT2D eigenvalue weighted by Crippen LogP contribution is 2.18. The highest BCUT2D eigenvalue weighted by Gasteiger charge is 2.29. The van der Waals surface area contributed by atoms with E-state index in [9.17, 15) is 9.59 Å². The minimum Gasteiger partial charge on any atom is -0.352 e. The molecular formula is C25H34N2O2. The first-order valence-electron chi connectivity index (χ1n) is 10.4. The summed E-state index contributed by atoms with van der Waals surface area (Å²) in [5.41, 5.74) is 5.46. The Bertz CT molecular complexity index is 837. The summed E-state index contributed by atoms with van der Waals surface area (Å²) in [7, 11) is 0. The fourth-order valence-corrected chi connectivity index (χ4v) is 3.72. The van der Waals surface area contributed by atoms with Crippen molar-refractivity contribution >= 4 is 11.8 Å². The first kappa shape index (κ1) is 22.7. The fraction of sp³-hybridized carbons (Fsp3) is 0.440. The largest absolute Gasteiger partial charge is 0.352 e. The normalized spacial score (nSPS) is 12.0. The lowest BCUT2D eigenvalue weighted by atomic mass is 10.0. The van der Waals surface area contributed by atoms with Crippen molar-refractivity contribution in [1.82, 2.24) is 10.2 Å². The SMILES string of the molecule is CC[C@H](C(=O)NC(C)C)N(Cc1ccccc1C)C(=O)Cc1cc(C)cc(C)c1. The predicted octanol–water partition coefficient (Wildman–Crippen LogP) is 4.49. The van der Waals surface area contributed by atoms with E-state index in [1.807, 2.05) is 77.9 Å². The van der Waals surface area contributed by atoms with Crippen molar-refractivity contribution in [2.75, 3.05) is 0 Å². The van der Waals surface area contributed by atoms with Gasteiger partial charge in [0.05, 0.1) is 6.42 Å². The molecule has 0 saturated heterocycles. The van der Waals surface area contributed by atoms with Crippen LogP contribution in [0.5, 0.6) is 0 Å². The van der Waals surface area contributed by atoms with Crippen molar-refractivity contribution in [3.8, 4) is 0 Å². The first-order chi connectivity index (χ1) is 13.7. The van der Waals surface area contributed by atoms with E-state index in [1.54, 1.807) is 4.90 Å². The molecule has 4 heteroatoms. The molecule has 0 bridgehead atoms. The first-order valence-corrected chi connectivity index (χ1v) is 10.4. The van der Waals surface area contributed by atoms with Crippen LogP contribution in [-0.4, -0.2) is 28.8 Å². The van der Waals surface area contributed by atoms with Gasteiger partial charge in [-0.3, -0.25) is 9.59 Å². The van der Waals surface area contributed by atoms with Crippen LogP contribution in [0.15, 0.2) is 42.5 Å². The molecule has 1 atom stereocenters. The lowest BCUT2D eigenvalue weighted by Crippen LogP contribution is -2.50. The van der Waals surface area contributed by atoms with E-state index in [0.717, 1.165) is 27.8 Å². The number of benzene rings is 2. The third kappa shape index (κ3) is 6.45. The second-order valence-electron chi connectivity index (χ2n) is 8.21. The zero-order chi connectivity index (χ0) is 21.6. The molecule has 0 aliphatic carbocycles. The van der Waals surface area contributed by atoms with Crippen LogP contribution in [0.3, 0.4) is 0 Å². The number of aryl methyl sites for hydroxylation is 3. The zero-order valence-corrected chi connectivity index (χ0v) is 18.6. The summed E-state index contributed by atoms with van der Waals surface area (Å²) >= 11 is 0. The smallest absolute Gasteiger partial charge is 0.243 e. The molecular weight excluding hydrogens is 360 g/mol. The summed E-state index contributed by atoms with van der Waals surface area (Å²) in [6.45, 7) is 12.4. The Hall–Kier alpha value is -2.62. The van der Waals surface area contributed by atoms with E-state index in [-0.39, 0.29) is 17.9 Å². The zero-order valence-electron chi connectivity index (χ0n) is 18.6. The maximum absolute atomic E-state index is 13.4. The van der Waals surface area contributed by atoms with Crippen LogP contribution in [0.4, 0.5) is 0 Å². The van der Waals surface area contributed by atoms with E-state index in [1.165, 1.54) is 0 Å². The molecule has 0 radical (unpaired) electrons. The number of hydrogen-bond acceptors (Lipinski definition) is 2. The van der Waals surface area contributed by atoms with Gasteiger partial charge in [-0.05, 0) is 57.7 Å². The fourth-order valence-electron chi connectivity index (χ4n) is 3.72. The van der Waals surface area contributed by atoms with Crippen molar-refractivity contribution in [3.63, 3.8) is 0 Å². The lowest BCUT2D eigenvalue weighted by Gasteiger charge is -2.31. The summed E-state index contributed by atoms with van der Waals surface area (Å²) in [6, 6.07) is 13.8. The third-order valence-corrected chi connectivity index (χ3v) is 5.06. The lowest BCUT2D eigenvalue weighted by molar-refractivity contribution is -0.141. The number of carbonyl (C=O) groups excluding carboxylic acids is 2. The quantitative estimate of drug-likeness (QED) is 0.717. The highest BCUT2D eigenvalue weighted by atomic mass is 16.2. The Labute approximate surface area is 175 Å². The molecule has 0 spiro atoms. The third-order valence-electron chi connectivity index (χ3n) is 5.06. The number of carbonyl (C=O) groups is 2. The summed E-state index contributed by atoms with van der Waals surface area (Å²) in [4.78, 5) is 28.0. The number of amides is 2. The molecule has 2 aromatic carbocycles. The Balaban J connectivity index is 2.35. The number of nitrogens with one attached hydrogen (secondary N) is 1. The van der Waals surface area contributed by atoms with Gasteiger partial charge in [0.25, 0.3) is 0 Å². The van der Waals surface area contributed by atoms with Gasteiger partial charge in [0.2, 0.25) is 11.8 Å². The van der Waals surface area contributed by atoms with E-state index in [4.69, 9.17) is 0 Å². The summed E-state index contributed by atoms with van der Waals surface area (Å²) in [5.74, 6) is -0.117. The van der Waals surface area contributed by atoms with Crippen LogP contribution in [0.1, 0.15) is 55.0 Å². The molecule has 0 aromatic heterocycles. The molecule has 4 nitrogen and oxygen atoms in total. The molecule has 1 N–H and O–H groups in total. The van der Waals surface area contributed by atoms with Crippen LogP contribution in [0, 0.1) is 20.8 Å². The standard InChI is InChI=1S/C25H34N2O2/c1-7-23(25(29)26-17(2)3)27(16-22-11-9-8-10-20(22)6)24(28)15-21-13-18(4)12-19(5)14-21/h8-14,17,23H,7,15-16H2,1-6H3,(H,26,29)/t23-/m1/s1. The number of hydrogen-bond donors (Lipinski definition) is 1. The van der Waals surface area contributed by atoms with Crippen LogP contribution in [0.2, 0.25) is 0 Å². The van der Waals surface area contributed by atoms with Crippen molar-refractivity contribution in [2.24, 2.45) is 0 Å². The predicted molar refractivity (Wildman–Crippen MR) is 119 cm³/mol. The number of nitrogens with zero attached hydrogens (tertiary/aromatic N) is 1. The van der Waals surface area contributed by atoms with Crippen molar-refractivity contribution in [2.45, 2.75) is 73.0 Å². The van der Waals surface area contributed by atoms with Gasteiger partial charge in [0.15, 0.2) is 0 Å². The minimum atomic E-state index is -0.490. The van der Waals surface area contributed by atoms with E-state index >= 15 is 0 Å². The van der Waals surface area contributed by atoms with E-state index in [0.29, 0.717) is 19.4 Å². The van der Waals surface area contributed by atoms with E-state index in [2.05, 4.69) is 11.4 Å². The van der Waals surface area contributed by atoms with Gasteiger partial charge in [-0.2, -0.15) is 0 Å². The van der Waals surface area contributed by atoms with Crippen LogP contribution in [-0.2, 0) is 22.6 Å². The van der Waals surface area contributed by atoms with Crippen LogP contribution < -0.4 is 5.32 Å². The van der Waals surface area contributed by atoms with Crippen molar-refractivity contribution < 1.29 is 9.59 Å². The Kier molecular flexibility index (Phi) is 8.00. The van der Waals surface area contributed by atoms with Gasteiger partial charge in [-0.25, -0.2) is 0 Å². The van der Waals surface area contributed by atoms with Crippen molar-refractivity contribution in [3.05, 3.63) is 70.3 Å². The second kappa shape index (κ2) is 10.2. The molecule has 0 unspecified atom stereocenters. The average molecular weight is 395 g/mol. The molecule has 2 aromatic rings. The monoisotopic (exact) mass is 394 g/mol. The van der Waals surface area contributed by atoms with Gasteiger partial charge < -0.3 is 10.2 Å². The highest BCUT2D eigenvalue weighted by molar-refractivity contribution is 5.88.